The Bertz CT molecular complexity index is 1120. The molecule has 1 aliphatic heterocycles. The highest BCUT2D eigenvalue weighted by Crippen LogP contribution is 2.39. The molecule has 0 unspecified atom stereocenters. The molecule has 0 radical (unpaired) electrons. The van der Waals surface area contributed by atoms with Gasteiger partial charge in [0.2, 0.25) is 0 Å². The van der Waals surface area contributed by atoms with Crippen molar-refractivity contribution in [1.82, 2.24) is 14.8 Å². The smallest absolute Gasteiger partial charge is 0.163 e. The maximum atomic E-state index is 12.6. The minimum absolute atomic E-state index is 0.0528. The van der Waals surface area contributed by atoms with Crippen molar-refractivity contribution in [1.29, 1.82) is 0 Å². The number of nitrogens with zero attached hydrogens (tertiary/aromatic N) is 4. The first-order chi connectivity index (χ1) is 13.8. The Hall–Kier alpha value is -2.31. The fourth-order valence-electron chi connectivity index (χ4n) is 3.56. The van der Waals surface area contributed by atoms with Crippen molar-refractivity contribution in [2.24, 2.45) is 10.9 Å². The molecule has 0 saturated heterocycles. The van der Waals surface area contributed by atoms with Gasteiger partial charge in [0.1, 0.15) is 22.7 Å². The van der Waals surface area contributed by atoms with Crippen LogP contribution >= 0.6 is 22.9 Å². The van der Waals surface area contributed by atoms with Gasteiger partial charge < -0.3 is 0 Å². The summed E-state index contributed by atoms with van der Waals surface area (Å²) >= 11 is 7.83. The van der Waals surface area contributed by atoms with E-state index in [2.05, 4.69) is 28.6 Å². The summed E-state index contributed by atoms with van der Waals surface area (Å²) in [5, 5.41) is 10.5. The van der Waals surface area contributed by atoms with Gasteiger partial charge in [-0.1, -0.05) is 37.6 Å². The summed E-state index contributed by atoms with van der Waals surface area (Å²) in [5.74, 6) is 1.64. The van der Waals surface area contributed by atoms with Crippen molar-refractivity contribution in [3.63, 3.8) is 0 Å². The lowest BCUT2D eigenvalue weighted by Crippen LogP contribution is -2.14. The molecule has 29 heavy (non-hydrogen) atoms. The molecule has 1 aliphatic rings. The van der Waals surface area contributed by atoms with Crippen molar-refractivity contribution in [3.8, 4) is 5.00 Å². The molecule has 0 fully saturated rings. The van der Waals surface area contributed by atoms with E-state index in [4.69, 9.17) is 16.6 Å². The summed E-state index contributed by atoms with van der Waals surface area (Å²) in [7, 11) is 0. The first kappa shape index (κ1) is 20.0. The number of aliphatic imine (C=N–C) groups is 1. The SMILES string of the molecule is Cc1sc2c(c1C)C(c1ccc(Cl)cc1)=N[C@H](CC(=O)C(C)C)c1nnc(C)n1-2. The van der Waals surface area contributed by atoms with Gasteiger partial charge >= 0.3 is 0 Å². The summed E-state index contributed by atoms with van der Waals surface area (Å²) in [6, 6.07) is 7.34. The van der Waals surface area contributed by atoms with Crippen LogP contribution in [-0.4, -0.2) is 26.3 Å². The number of halogens is 1. The molecule has 4 rings (SSSR count). The topological polar surface area (TPSA) is 60.1 Å². The molecule has 3 heterocycles. The van der Waals surface area contributed by atoms with Crippen molar-refractivity contribution in [3.05, 3.63) is 62.5 Å². The predicted octanol–water partition coefficient (Wildman–Crippen LogP) is 5.41. The number of aromatic nitrogens is 3. The van der Waals surface area contributed by atoms with Crippen LogP contribution in [0.15, 0.2) is 29.3 Å². The fraction of sp³-hybridized carbons (Fsp3) is 0.364. The molecule has 150 valence electrons. The maximum absolute atomic E-state index is 12.6. The first-order valence-electron chi connectivity index (χ1n) is 9.67. The van der Waals surface area contributed by atoms with E-state index in [0.29, 0.717) is 11.4 Å². The lowest BCUT2D eigenvalue weighted by Gasteiger charge is -2.13. The Morgan fingerprint density at radius 2 is 1.86 bits per heavy atom. The molecule has 0 amide bonds. The summed E-state index contributed by atoms with van der Waals surface area (Å²) < 4.78 is 2.07. The Labute approximate surface area is 179 Å². The Morgan fingerprint density at radius 1 is 1.17 bits per heavy atom. The quantitative estimate of drug-likeness (QED) is 0.560. The normalized spacial score (nSPS) is 15.7. The van der Waals surface area contributed by atoms with Gasteiger partial charge in [0, 0.05) is 33.4 Å². The van der Waals surface area contributed by atoms with Crippen LogP contribution in [0.4, 0.5) is 0 Å². The van der Waals surface area contributed by atoms with E-state index in [-0.39, 0.29) is 17.7 Å². The van der Waals surface area contributed by atoms with Crippen LogP contribution in [0.5, 0.6) is 0 Å². The molecule has 3 aromatic rings. The highest BCUT2D eigenvalue weighted by Gasteiger charge is 2.32. The molecule has 0 spiro atoms. The molecule has 0 bridgehead atoms. The molecule has 0 aliphatic carbocycles. The zero-order valence-corrected chi connectivity index (χ0v) is 18.7. The number of Topliss-reactive ketones (excluding diaryl/α,β-unsaturated/α-hetero) is 1. The highest BCUT2D eigenvalue weighted by molar-refractivity contribution is 7.15. The Balaban J connectivity index is 1.99. The molecule has 2 aromatic heterocycles. The van der Waals surface area contributed by atoms with E-state index in [1.807, 2.05) is 45.0 Å². The molecule has 0 saturated carbocycles. The average Bonchev–Trinajstić information content (AvgIpc) is 3.15. The van der Waals surface area contributed by atoms with Crippen LogP contribution in [0.25, 0.3) is 5.00 Å². The number of hydrogen-bond donors (Lipinski definition) is 0. The number of thiophene rings is 1. The molecule has 1 atom stereocenters. The minimum atomic E-state index is -0.379. The maximum Gasteiger partial charge on any atom is 0.163 e. The second kappa shape index (κ2) is 7.50. The molecule has 5 nitrogen and oxygen atoms in total. The second-order valence-electron chi connectivity index (χ2n) is 7.73. The fourth-order valence-corrected chi connectivity index (χ4v) is 4.90. The van der Waals surface area contributed by atoms with Gasteiger partial charge in [0.05, 0.1) is 5.71 Å². The number of fused-ring (bicyclic) bond motifs is 3. The third-order valence-electron chi connectivity index (χ3n) is 5.40. The largest absolute Gasteiger partial charge is 0.299 e. The average molecular weight is 427 g/mol. The number of aryl methyl sites for hydroxylation is 2. The molecule has 0 N–H and O–H groups in total. The monoisotopic (exact) mass is 426 g/mol. The number of carbonyl (C=O) groups excluding carboxylic acids is 1. The van der Waals surface area contributed by atoms with Gasteiger partial charge in [0.15, 0.2) is 5.82 Å². The van der Waals surface area contributed by atoms with Crippen molar-refractivity contribution < 1.29 is 4.79 Å². The van der Waals surface area contributed by atoms with Gasteiger partial charge in [0.25, 0.3) is 0 Å². The number of ketones is 1. The highest BCUT2D eigenvalue weighted by atomic mass is 35.5. The van der Waals surface area contributed by atoms with Crippen molar-refractivity contribution >= 4 is 34.4 Å². The first-order valence-corrected chi connectivity index (χ1v) is 10.9. The van der Waals surface area contributed by atoms with E-state index in [9.17, 15) is 4.79 Å². The van der Waals surface area contributed by atoms with Gasteiger partial charge in [-0.25, -0.2) is 0 Å². The van der Waals surface area contributed by atoms with Gasteiger partial charge in [-0.05, 0) is 38.5 Å². The van der Waals surface area contributed by atoms with Crippen LogP contribution < -0.4 is 0 Å². The predicted molar refractivity (Wildman–Crippen MR) is 118 cm³/mol. The molecular formula is C22H23ClN4OS. The van der Waals surface area contributed by atoms with Crippen molar-refractivity contribution in [2.75, 3.05) is 0 Å². The van der Waals surface area contributed by atoms with Gasteiger partial charge in [-0.15, -0.1) is 21.5 Å². The van der Waals surface area contributed by atoms with Crippen LogP contribution in [-0.2, 0) is 4.79 Å². The van der Waals surface area contributed by atoms with Gasteiger partial charge in [-0.3, -0.25) is 14.4 Å². The lowest BCUT2D eigenvalue weighted by molar-refractivity contribution is -0.122. The lowest BCUT2D eigenvalue weighted by atomic mass is 9.98. The summed E-state index contributed by atoms with van der Waals surface area (Å²) in [6.45, 7) is 10.0. The third-order valence-corrected chi connectivity index (χ3v) is 6.84. The Morgan fingerprint density at radius 3 is 2.52 bits per heavy atom. The summed E-state index contributed by atoms with van der Waals surface area (Å²) in [6.07, 6.45) is 0.305. The number of benzene rings is 1. The zero-order chi connectivity index (χ0) is 20.9. The zero-order valence-electron chi connectivity index (χ0n) is 17.2. The molecular weight excluding hydrogens is 404 g/mol. The number of hydrogen-bond acceptors (Lipinski definition) is 5. The van der Waals surface area contributed by atoms with E-state index >= 15 is 0 Å². The molecule has 1 aromatic carbocycles. The standard InChI is InChI=1S/C22H23ClN4OS/c1-11(2)18(28)10-17-21-26-25-14(5)27(21)22-19(12(3)13(4)29-22)20(24-17)15-6-8-16(23)9-7-15/h6-9,11,17H,10H2,1-5H3/t17-/m1/s1. The second-order valence-corrected chi connectivity index (χ2v) is 9.37. The van der Waals surface area contributed by atoms with Gasteiger partial charge in [-0.2, -0.15) is 0 Å². The van der Waals surface area contributed by atoms with E-state index in [1.54, 1.807) is 11.3 Å². The summed E-state index contributed by atoms with van der Waals surface area (Å²) in [4.78, 5) is 19.0. The van der Waals surface area contributed by atoms with Crippen LogP contribution in [0.1, 0.15) is 59.5 Å². The van der Waals surface area contributed by atoms with E-state index in [0.717, 1.165) is 33.5 Å². The number of carbonyl (C=O) groups is 1. The van der Waals surface area contributed by atoms with Crippen LogP contribution in [0.3, 0.4) is 0 Å². The van der Waals surface area contributed by atoms with Crippen LogP contribution in [0.2, 0.25) is 5.02 Å². The summed E-state index contributed by atoms with van der Waals surface area (Å²) in [5.41, 5.74) is 4.13. The van der Waals surface area contributed by atoms with E-state index < -0.39 is 0 Å². The third kappa shape index (κ3) is 3.45. The molecule has 7 heteroatoms. The van der Waals surface area contributed by atoms with Crippen LogP contribution in [0, 0.1) is 26.7 Å². The Kier molecular flexibility index (Phi) is 5.17. The number of rotatable bonds is 4. The van der Waals surface area contributed by atoms with Crippen molar-refractivity contribution in [2.45, 2.75) is 47.1 Å². The van der Waals surface area contributed by atoms with E-state index in [1.165, 1.54) is 10.4 Å². The minimum Gasteiger partial charge on any atom is -0.299 e.